The summed E-state index contributed by atoms with van der Waals surface area (Å²) in [6.07, 6.45) is -8.80. The lowest BCUT2D eigenvalue weighted by atomic mass is 10.0. The fourth-order valence-electron chi connectivity index (χ4n) is 1.13. The van der Waals surface area contributed by atoms with E-state index in [9.17, 15) is 22.8 Å². The van der Waals surface area contributed by atoms with Crippen molar-refractivity contribution in [2.75, 3.05) is 13.2 Å². The first-order chi connectivity index (χ1) is 8.23. The zero-order valence-electron chi connectivity index (χ0n) is 9.99. The SMILES string of the molecule is CCOC(=O)C(CC(O)C(F)(F)F)C(=O)OCC. The number of hydrogen-bond donors (Lipinski definition) is 1. The molecule has 1 N–H and O–H groups in total. The molecule has 0 fully saturated rings. The Balaban J connectivity index is 4.77. The number of hydrogen-bond acceptors (Lipinski definition) is 5. The second-order valence-corrected chi connectivity index (χ2v) is 3.35. The zero-order chi connectivity index (χ0) is 14.3. The van der Waals surface area contributed by atoms with Gasteiger partial charge in [-0.05, 0) is 13.8 Å². The molecule has 8 heteroatoms. The first-order valence-corrected chi connectivity index (χ1v) is 5.32. The summed E-state index contributed by atoms with van der Waals surface area (Å²) in [6.45, 7) is 2.72. The minimum atomic E-state index is -4.91. The minimum absolute atomic E-state index is 0.0865. The van der Waals surface area contributed by atoms with E-state index < -0.39 is 36.6 Å². The molecule has 0 radical (unpaired) electrons. The van der Waals surface area contributed by atoms with Crippen LogP contribution in [0.15, 0.2) is 0 Å². The van der Waals surface area contributed by atoms with Gasteiger partial charge in [-0.3, -0.25) is 9.59 Å². The van der Waals surface area contributed by atoms with Crippen LogP contribution in [0, 0.1) is 5.92 Å². The van der Waals surface area contributed by atoms with Crippen molar-refractivity contribution in [3.8, 4) is 0 Å². The number of carbonyl (C=O) groups is 2. The molecule has 106 valence electrons. The van der Waals surface area contributed by atoms with Crippen LogP contribution in [0.1, 0.15) is 20.3 Å². The molecule has 0 aliphatic carbocycles. The number of aliphatic hydroxyl groups excluding tert-OH is 1. The third kappa shape index (κ3) is 5.35. The van der Waals surface area contributed by atoms with Gasteiger partial charge in [0.1, 0.15) is 0 Å². The van der Waals surface area contributed by atoms with Crippen molar-refractivity contribution in [3.63, 3.8) is 0 Å². The monoisotopic (exact) mass is 272 g/mol. The lowest BCUT2D eigenvalue weighted by Crippen LogP contribution is -2.37. The van der Waals surface area contributed by atoms with Crippen molar-refractivity contribution in [1.29, 1.82) is 0 Å². The van der Waals surface area contributed by atoms with Gasteiger partial charge < -0.3 is 14.6 Å². The highest BCUT2D eigenvalue weighted by Crippen LogP contribution is 2.26. The van der Waals surface area contributed by atoms with E-state index in [0.717, 1.165) is 0 Å². The molecule has 0 bridgehead atoms. The van der Waals surface area contributed by atoms with Gasteiger partial charge in [0, 0.05) is 6.42 Å². The molecule has 0 spiro atoms. The first kappa shape index (κ1) is 16.7. The van der Waals surface area contributed by atoms with Gasteiger partial charge in [0.25, 0.3) is 0 Å². The van der Waals surface area contributed by atoms with Crippen LogP contribution in [-0.4, -0.2) is 42.5 Å². The van der Waals surface area contributed by atoms with Crippen LogP contribution in [0.3, 0.4) is 0 Å². The molecule has 0 aromatic carbocycles. The van der Waals surface area contributed by atoms with E-state index in [1.54, 1.807) is 0 Å². The Bertz CT molecular complexity index is 272. The predicted molar refractivity (Wildman–Crippen MR) is 53.4 cm³/mol. The van der Waals surface area contributed by atoms with E-state index in [1.807, 2.05) is 0 Å². The van der Waals surface area contributed by atoms with Crippen LogP contribution in [0.4, 0.5) is 13.2 Å². The van der Waals surface area contributed by atoms with Crippen molar-refractivity contribution in [2.24, 2.45) is 5.92 Å². The van der Waals surface area contributed by atoms with Crippen LogP contribution < -0.4 is 0 Å². The Labute approximate surface area is 102 Å². The highest BCUT2D eigenvalue weighted by molar-refractivity contribution is 5.94. The molecule has 0 heterocycles. The number of alkyl halides is 3. The highest BCUT2D eigenvalue weighted by Gasteiger charge is 2.43. The van der Waals surface area contributed by atoms with E-state index in [2.05, 4.69) is 9.47 Å². The number of ether oxygens (including phenoxy) is 2. The third-order valence-electron chi connectivity index (χ3n) is 1.98. The molecule has 0 aliphatic heterocycles. The maximum Gasteiger partial charge on any atom is 0.414 e. The van der Waals surface area contributed by atoms with E-state index >= 15 is 0 Å². The molecule has 18 heavy (non-hydrogen) atoms. The second-order valence-electron chi connectivity index (χ2n) is 3.35. The summed E-state index contributed by atoms with van der Waals surface area (Å²) in [5.41, 5.74) is 0. The van der Waals surface area contributed by atoms with Gasteiger partial charge in [-0.25, -0.2) is 0 Å². The normalized spacial score (nSPS) is 13.3. The number of esters is 2. The zero-order valence-corrected chi connectivity index (χ0v) is 9.99. The Hall–Kier alpha value is -1.31. The molecular weight excluding hydrogens is 257 g/mol. The summed E-state index contributed by atoms with van der Waals surface area (Å²) in [4.78, 5) is 22.6. The summed E-state index contributed by atoms with van der Waals surface area (Å²) in [5, 5.41) is 8.85. The van der Waals surface area contributed by atoms with Crippen molar-refractivity contribution in [3.05, 3.63) is 0 Å². The van der Waals surface area contributed by atoms with Crippen molar-refractivity contribution >= 4 is 11.9 Å². The van der Waals surface area contributed by atoms with Gasteiger partial charge in [0.2, 0.25) is 0 Å². The molecule has 0 aromatic heterocycles. The molecular formula is C10H15F3O5. The Morgan fingerprint density at radius 3 is 1.78 bits per heavy atom. The topological polar surface area (TPSA) is 72.8 Å². The lowest BCUT2D eigenvalue weighted by molar-refractivity contribution is -0.210. The Kier molecular flexibility index (Phi) is 6.67. The van der Waals surface area contributed by atoms with Crippen LogP contribution in [0.5, 0.6) is 0 Å². The van der Waals surface area contributed by atoms with E-state index in [4.69, 9.17) is 5.11 Å². The molecule has 0 aliphatic rings. The average molecular weight is 272 g/mol. The standard InChI is InChI=1S/C10H15F3O5/c1-3-17-8(15)6(9(16)18-4-2)5-7(14)10(11,12)13/h6-7,14H,3-5H2,1-2H3. The molecule has 0 saturated carbocycles. The fourth-order valence-corrected chi connectivity index (χ4v) is 1.13. The molecule has 0 aromatic rings. The quantitative estimate of drug-likeness (QED) is 0.577. The van der Waals surface area contributed by atoms with Gasteiger partial charge in [-0.1, -0.05) is 0 Å². The summed E-state index contributed by atoms with van der Waals surface area (Å²) in [5.74, 6) is -4.06. The predicted octanol–water partition coefficient (Wildman–Crippen LogP) is 1.04. The van der Waals surface area contributed by atoms with Crippen LogP contribution in [0.25, 0.3) is 0 Å². The molecule has 5 nitrogen and oxygen atoms in total. The molecule has 1 unspecified atom stereocenters. The maximum atomic E-state index is 12.2. The molecule has 1 atom stereocenters. The first-order valence-electron chi connectivity index (χ1n) is 5.32. The van der Waals surface area contributed by atoms with Crippen molar-refractivity contribution in [2.45, 2.75) is 32.5 Å². The fraction of sp³-hybridized carbons (Fsp3) is 0.800. The van der Waals surface area contributed by atoms with Gasteiger partial charge in [0.05, 0.1) is 13.2 Å². The lowest BCUT2D eigenvalue weighted by Gasteiger charge is -2.19. The van der Waals surface area contributed by atoms with Crippen LogP contribution in [-0.2, 0) is 19.1 Å². The molecule has 0 amide bonds. The smallest absolute Gasteiger partial charge is 0.414 e. The summed E-state index contributed by atoms with van der Waals surface area (Å²) in [7, 11) is 0. The summed E-state index contributed by atoms with van der Waals surface area (Å²) in [6, 6.07) is 0. The summed E-state index contributed by atoms with van der Waals surface area (Å²) >= 11 is 0. The molecule has 0 rings (SSSR count). The average Bonchev–Trinajstić information content (AvgIpc) is 2.24. The van der Waals surface area contributed by atoms with Crippen LogP contribution in [0.2, 0.25) is 0 Å². The number of halogens is 3. The third-order valence-corrected chi connectivity index (χ3v) is 1.98. The maximum absolute atomic E-state index is 12.2. The van der Waals surface area contributed by atoms with Crippen LogP contribution >= 0.6 is 0 Å². The molecule has 0 saturated heterocycles. The highest BCUT2D eigenvalue weighted by atomic mass is 19.4. The van der Waals surface area contributed by atoms with E-state index in [0.29, 0.717) is 0 Å². The van der Waals surface area contributed by atoms with E-state index in [-0.39, 0.29) is 13.2 Å². The number of rotatable bonds is 6. The Morgan fingerprint density at radius 2 is 1.50 bits per heavy atom. The van der Waals surface area contributed by atoms with Crippen molar-refractivity contribution < 1.29 is 37.3 Å². The van der Waals surface area contributed by atoms with E-state index in [1.165, 1.54) is 13.8 Å². The minimum Gasteiger partial charge on any atom is -0.465 e. The second kappa shape index (κ2) is 7.20. The Morgan fingerprint density at radius 1 is 1.11 bits per heavy atom. The van der Waals surface area contributed by atoms with Gasteiger partial charge >= 0.3 is 18.1 Å². The largest absolute Gasteiger partial charge is 0.465 e. The summed E-state index contributed by atoms with van der Waals surface area (Å²) < 4.78 is 45.4. The van der Waals surface area contributed by atoms with Gasteiger partial charge in [-0.2, -0.15) is 13.2 Å². The number of carbonyl (C=O) groups excluding carboxylic acids is 2. The number of aliphatic hydroxyl groups is 1. The van der Waals surface area contributed by atoms with Crippen molar-refractivity contribution in [1.82, 2.24) is 0 Å². The van der Waals surface area contributed by atoms with Gasteiger partial charge in [-0.15, -0.1) is 0 Å². The van der Waals surface area contributed by atoms with Gasteiger partial charge in [0.15, 0.2) is 12.0 Å².